The molecule has 0 radical (unpaired) electrons. The second-order valence-electron chi connectivity index (χ2n) is 5.39. The van der Waals surface area contributed by atoms with Gasteiger partial charge in [0.1, 0.15) is 5.75 Å². The first-order valence-corrected chi connectivity index (χ1v) is 7.36. The maximum atomic E-state index is 12.4. The van der Waals surface area contributed by atoms with Gasteiger partial charge in [-0.05, 0) is 55.0 Å². The molecular formula is C18H16N2O4. The SMILES string of the molecule is Cc1cc(OCC(=O)O)ccc1NC(=O)c1ccc2[nH]ccc2c1. The van der Waals surface area contributed by atoms with E-state index in [0.29, 0.717) is 17.0 Å². The number of aromatic amines is 1. The number of aryl methyl sites for hydroxylation is 1. The topological polar surface area (TPSA) is 91.4 Å². The van der Waals surface area contributed by atoms with Crippen LogP contribution < -0.4 is 10.1 Å². The molecule has 6 nitrogen and oxygen atoms in total. The number of fused-ring (bicyclic) bond motifs is 1. The van der Waals surface area contributed by atoms with E-state index in [4.69, 9.17) is 9.84 Å². The molecule has 3 rings (SSSR count). The molecule has 1 heterocycles. The second kappa shape index (κ2) is 6.45. The van der Waals surface area contributed by atoms with E-state index in [1.807, 2.05) is 31.3 Å². The third-order valence-corrected chi connectivity index (χ3v) is 3.62. The Morgan fingerprint density at radius 3 is 2.75 bits per heavy atom. The summed E-state index contributed by atoms with van der Waals surface area (Å²) in [5, 5.41) is 12.4. The number of aromatic nitrogens is 1. The fourth-order valence-corrected chi connectivity index (χ4v) is 2.40. The Balaban J connectivity index is 1.74. The summed E-state index contributed by atoms with van der Waals surface area (Å²) in [6, 6.07) is 12.4. The lowest BCUT2D eigenvalue weighted by molar-refractivity contribution is -0.139. The average Bonchev–Trinajstić information content (AvgIpc) is 3.02. The first-order valence-electron chi connectivity index (χ1n) is 7.36. The van der Waals surface area contributed by atoms with E-state index in [0.717, 1.165) is 16.5 Å². The van der Waals surface area contributed by atoms with Gasteiger partial charge in [0.25, 0.3) is 5.91 Å². The highest BCUT2D eigenvalue weighted by Gasteiger charge is 2.10. The highest BCUT2D eigenvalue weighted by molar-refractivity contribution is 6.06. The Bertz CT molecular complexity index is 914. The molecule has 1 amide bonds. The number of anilines is 1. The molecule has 0 aliphatic carbocycles. The number of carbonyl (C=O) groups is 2. The predicted molar refractivity (Wildman–Crippen MR) is 90.6 cm³/mol. The molecule has 0 aliphatic heterocycles. The van der Waals surface area contributed by atoms with Gasteiger partial charge in [-0.2, -0.15) is 0 Å². The first-order chi connectivity index (χ1) is 11.5. The van der Waals surface area contributed by atoms with Crippen molar-refractivity contribution >= 4 is 28.5 Å². The molecular weight excluding hydrogens is 308 g/mol. The zero-order chi connectivity index (χ0) is 17.1. The summed E-state index contributed by atoms with van der Waals surface area (Å²) < 4.78 is 5.12. The second-order valence-corrected chi connectivity index (χ2v) is 5.39. The number of ether oxygens (including phenoxy) is 1. The zero-order valence-electron chi connectivity index (χ0n) is 13.0. The summed E-state index contributed by atoms with van der Waals surface area (Å²) in [7, 11) is 0. The van der Waals surface area contributed by atoms with Crippen LogP contribution in [-0.2, 0) is 4.79 Å². The number of amides is 1. The van der Waals surface area contributed by atoms with Crippen molar-refractivity contribution in [2.75, 3.05) is 11.9 Å². The van der Waals surface area contributed by atoms with E-state index in [9.17, 15) is 9.59 Å². The van der Waals surface area contributed by atoms with Gasteiger partial charge in [-0.1, -0.05) is 0 Å². The van der Waals surface area contributed by atoms with E-state index in [1.165, 1.54) is 0 Å². The van der Waals surface area contributed by atoms with Gasteiger partial charge >= 0.3 is 5.97 Å². The average molecular weight is 324 g/mol. The fourth-order valence-electron chi connectivity index (χ4n) is 2.40. The number of hydrogen-bond acceptors (Lipinski definition) is 3. The van der Waals surface area contributed by atoms with Crippen molar-refractivity contribution in [3.63, 3.8) is 0 Å². The van der Waals surface area contributed by atoms with Crippen molar-refractivity contribution in [2.45, 2.75) is 6.92 Å². The quantitative estimate of drug-likeness (QED) is 0.672. The lowest BCUT2D eigenvalue weighted by atomic mass is 10.1. The standard InChI is InChI=1S/C18H16N2O4/c1-11-8-14(24-10-17(21)22)3-5-15(11)20-18(23)13-2-4-16-12(9-13)6-7-19-16/h2-9,19H,10H2,1H3,(H,20,23)(H,21,22). The molecule has 2 aromatic carbocycles. The largest absolute Gasteiger partial charge is 0.482 e. The minimum atomic E-state index is -1.04. The number of nitrogens with one attached hydrogen (secondary N) is 2. The number of hydrogen-bond donors (Lipinski definition) is 3. The summed E-state index contributed by atoms with van der Waals surface area (Å²) >= 11 is 0. The Morgan fingerprint density at radius 2 is 2.00 bits per heavy atom. The van der Waals surface area contributed by atoms with Crippen LogP contribution in [0.1, 0.15) is 15.9 Å². The van der Waals surface area contributed by atoms with Crippen molar-refractivity contribution in [3.05, 3.63) is 59.8 Å². The van der Waals surface area contributed by atoms with Crippen LogP contribution in [0.4, 0.5) is 5.69 Å². The monoisotopic (exact) mass is 324 g/mol. The van der Waals surface area contributed by atoms with E-state index in [-0.39, 0.29) is 5.91 Å². The molecule has 0 aliphatic rings. The summed E-state index contributed by atoms with van der Waals surface area (Å²) in [5.74, 6) is -0.799. The van der Waals surface area contributed by atoms with Gasteiger partial charge in [0, 0.05) is 28.4 Å². The number of carboxylic acid groups (broad SMARTS) is 1. The van der Waals surface area contributed by atoms with Crippen molar-refractivity contribution in [3.8, 4) is 5.75 Å². The van der Waals surface area contributed by atoms with E-state index in [2.05, 4.69) is 10.3 Å². The molecule has 0 unspecified atom stereocenters. The van der Waals surface area contributed by atoms with Crippen LogP contribution in [0.5, 0.6) is 5.75 Å². The van der Waals surface area contributed by atoms with Gasteiger partial charge in [0.15, 0.2) is 6.61 Å². The van der Waals surface area contributed by atoms with E-state index < -0.39 is 12.6 Å². The van der Waals surface area contributed by atoms with Crippen LogP contribution in [-0.4, -0.2) is 28.6 Å². The predicted octanol–water partition coefficient (Wildman–Crippen LogP) is 3.19. The molecule has 3 aromatic rings. The third-order valence-electron chi connectivity index (χ3n) is 3.62. The van der Waals surface area contributed by atoms with Crippen molar-refractivity contribution in [1.82, 2.24) is 4.98 Å². The number of H-pyrrole nitrogens is 1. The molecule has 0 spiro atoms. The Morgan fingerprint density at radius 1 is 1.17 bits per heavy atom. The number of aliphatic carboxylic acids is 1. The molecule has 0 saturated carbocycles. The lowest BCUT2D eigenvalue weighted by Crippen LogP contribution is -2.13. The van der Waals surface area contributed by atoms with Gasteiger partial charge in [-0.3, -0.25) is 4.79 Å². The van der Waals surface area contributed by atoms with Crippen LogP contribution in [0.3, 0.4) is 0 Å². The number of carbonyl (C=O) groups excluding carboxylic acids is 1. The minimum Gasteiger partial charge on any atom is -0.482 e. The van der Waals surface area contributed by atoms with Crippen LogP contribution in [0.2, 0.25) is 0 Å². The molecule has 1 aromatic heterocycles. The van der Waals surface area contributed by atoms with Crippen molar-refractivity contribution in [1.29, 1.82) is 0 Å². The molecule has 3 N–H and O–H groups in total. The van der Waals surface area contributed by atoms with Gasteiger partial charge < -0.3 is 20.1 Å². The fraction of sp³-hybridized carbons (Fsp3) is 0.111. The molecule has 122 valence electrons. The highest BCUT2D eigenvalue weighted by atomic mass is 16.5. The number of benzene rings is 2. The molecule has 0 atom stereocenters. The van der Waals surface area contributed by atoms with Crippen molar-refractivity contribution < 1.29 is 19.4 Å². The minimum absolute atomic E-state index is 0.208. The summed E-state index contributed by atoms with van der Waals surface area (Å²) in [6.07, 6.45) is 1.83. The van der Waals surface area contributed by atoms with Crippen LogP contribution in [0.25, 0.3) is 10.9 Å². The van der Waals surface area contributed by atoms with Gasteiger partial charge in [0.2, 0.25) is 0 Å². The first kappa shape index (κ1) is 15.6. The van der Waals surface area contributed by atoms with E-state index in [1.54, 1.807) is 24.3 Å². The Kier molecular flexibility index (Phi) is 4.20. The van der Waals surface area contributed by atoms with Gasteiger partial charge in [-0.15, -0.1) is 0 Å². The molecule has 0 saturated heterocycles. The number of carboxylic acids is 1. The smallest absolute Gasteiger partial charge is 0.341 e. The highest BCUT2D eigenvalue weighted by Crippen LogP contribution is 2.22. The molecule has 6 heteroatoms. The zero-order valence-corrected chi connectivity index (χ0v) is 13.0. The van der Waals surface area contributed by atoms with Crippen LogP contribution >= 0.6 is 0 Å². The van der Waals surface area contributed by atoms with Gasteiger partial charge in [0.05, 0.1) is 0 Å². The lowest BCUT2D eigenvalue weighted by Gasteiger charge is -2.11. The van der Waals surface area contributed by atoms with Gasteiger partial charge in [-0.25, -0.2) is 4.79 Å². The van der Waals surface area contributed by atoms with Crippen LogP contribution in [0.15, 0.2) is 48.7 Å². The molecule has 0 bridgehead atoms. The maximum Gasteiger partial charge on any atom is 0.341 e. The number of rotatable bonds is 5. The Labute approximate surface area is 138 Å². The third kappa shape index (κ3) is 3.38. The molecule has 0 fully saturated rings. The van der Waals surface area contributed by atoms with E-state index >= 15 is 0 Å². The summed E-state index contributed by atoms with van der Waals surface area (Å²) in [4.78, 5) is 26.0. The summed E-state index contributed by atoms with van der Waals surface area (Å²) in [5.41, 5.74) is 2.97. The molecule has 24 heavy (non-hydrogen) atoms. The maximum absolute atomic E-state index is 12.4. The Hall–Kier alpha value is -3.28. The van der Waals surface area contributed by atoms with Crippen molar-refractivity contribution in [2.24, 2.45) is 0 Å². The van der Waals surface area contributed by atoms with Crippen LogP contribution in [0, 0.1) is 6.92 Å². The summed E-state index contributed by atoms with van der Waals surface area (Å²) in [6.45, 7) is 1.42. The normalized spacial score (nSPS) is 10.5.